The predicted octanol–water partition coefficient (Wildman–Crippen LogP) is 5.23. The van der Waals surface area contributed by atoms with Gasteiger partial charge in [0.2, 0.25) is 0 Å². The highest BCUT2D eigenvalue weighted by Gasteiger charge is 2.12. The lowest BCUT2D eigenvalue weighted by Crippen LogP contribution is -1.98. The van der Waals surface area contributed by atoms with Gasteiger partial charge >= 0.3 is 0 Å². The first-order valence-electron chi connectivity index (χ1n) is 8.80. The van der Waals surface area contributed by atoms with E-state index in [0.717, 1.165) is 44.6 Å². The Balaban J connectivity index is 1.70. The number of aromatic amines is 1. The second-order valence-electron chi connectivity index (χ2n) is 6.51. The Kier molecular flexibility index (Phi) is 3.57. The highest BCUT2D eigenvalue weighted by molar-refractivity contribution is 5.98. The van der Waals surface area contributed by atoms with Gasteiger partial charge in [-0.15, -0.1) is 0 Å². The van der Waals surface area contributed by atoms with Crippen molar-refractivity contribution in [3.8, 4) is 11.3 Å². The number of aryl methyl sites for hydroxylation is 1. The number of nitrogens with zero attached hydrogens (tertiary/aromatic N) is 3. The van der Waals surface area contributed by atoms with Crippen molar-refractivity contribution in [1.82, 2.24) is 20.2 Å². The molecule has 5 aromatic rings. The molecule has 0 radical (unpaired) electrons. The van der Waals surface area contributed by atoms with Crippen LogP contribution >= 0.6 is 0 Å². The van der Waals surface area contributed by atoms with Crippen LogP contribution in [0.15, 0.2) is 73.1 Å². The van der Waals surface area contributed by atoms with E-state index in [0.29, 0.717) is 0 Å². The Morgan fingerprint density at radius 3 is 2.67 bits per heavy atom. The van der Waals surface area contributed by atoms with Crippen LogP contribution < -0.4 is 5.32 Å². The van der Waals surface area contributed by atoms with Crippen LogP contribution in [0.3, 0.4) is 0 Å². The van der Waals surface area contributed by atoms with E-state index in [4.69, 9.17) is 4.98 Å². The van der Waals surface area contributed by atoms with E-state index in [9.17, 15) is 0 Å². The molecule has 0 saturated carbocycles. The SMILES string of the molecule is Cc1ccccc1-c1cc2cnccc2c(Nc2n[nH]c3ccccc23)n1. The first-order valence-corrected chi connectivity index (χ1v) is 8.80. The molecule has 3 aromatic heterocycles. The average Bonchev–Trinajstić information content (AvgIpc) is 3.11. The molecule has 0 fully saturated rings. The Hall–Kier alpha value is -3.73. The normalized spacial score (nSPS) is 11.1. The van der Waals surface area contributed by atoms with Gasteiger partial charge in [-0.2, -0.15) is 5.10 Å². The van der Waals surface area contributed by atoms with E-state index < -0.39 is 0 Å². The quantitative estimate of drug-likeness (QED) is 0.467. The second kappa shape index (κ2) is 6.21. The number of para-hydroxylation sites is 1. The zero-order valence-electron chi connectivity index (χ0n) is 14.8. The van der Waals surface area contributed by atoms with Crippen molar-refractivity contribution in [2.75, 3.05) is 5.32 Å². The van der Waals surface area contributed by atoms with E-state index in [-0.39, 0.29) is 0 Å². The number of pyridine rings is 2. The van der Waals surface area contributed by atoms with Gasteiger partial charge in [0.1, 0.15) is 5.82 Å². The van der Waals surface area contributed by atoms with Crippen LogP contribution in [0.1, 0.15) is 5.56 Å². The van der Waals surface area contributed by atoms with Crippen molar-refractivity contribution in [1.29, 1.82) is 0 Å². The Labute approximate surface area is 156 Å². The van der Waals surface area contributed by atoms with Crippen molar-refractivity contribution < 1.29 is 0 Å². The Morgan fingerprint density at radius 2 is 1.74 bits per heavy atom. The molecular weight excluding hydrogens is 334 g/mol. The predicted molar refractivity (Wildman–Crippen MR) is 109 cm³/mol. The largest absolute Gasteiger partial charge is 0.322 e. The van der Waals surface area contributed by atoms with Gasteiger partial charge in [0, 0.05) is 34.1 Å². The van der Waals surface area contributed by atoms with E-state index in [1.807, 2.05) is 48.7 Å². The minimum absolute atomic E-state index is 0.762. The van der Waals surface area contributed by atoms with E-state index in [1.165, 1.54) is 5.56 Å². The topological polar surface area (TPSA) is 66.5 Å². The third-order valence-electron chi connectivity index (χ3n) is 4.76. The highest BCUT2D eigenvalue weighted by atomic mass is 15.2. The Morgan fingerprint density at radius 1 is 0.889 bits per heavy atom. The van der Waals surface area contributed by atoms with Gasteiger partial charge < -0.3 is 5.32 Å². The lowest BCUT2D eigenvalue weighted by atomic mass is 10.0. The van der Waals surface area contributed by atoms with Crippen LogP contribution in [0.5, 0.6) is 0 Å². The van der Waals surface area contributed by atoms with Gasteiger partial charge in [-0.05, 0) is 36.8 Å². The minimum atomic E-state index is 0.762. The summed E-state index contributed by atoms with van der Waals surface area (Å²) < 4.78 is 0. The summed E-state index contributed by atoms with van der Waals surface area (Å²) >= 11 is 0. The molecule has 27 heavy (non-hydrogen) atoms. The first-order chi connectivity index (χ1) is 13.3. The minimum Gasteiger partial charge on any atom is -0.322 e. The summed E-state index contributed by atoms with van der Waals surface area (Å²) in [5, 5.41) is 14.0. The number of fused-ring (bicyclic) bond motifs is 2. The molecular formula is C22H17N5. The number of aromatic nitrogens is 4. The smallest absolute Gasteiger partial charge is 0.161 e. The number of benzene rings is 2. The van der Waals surface area contributed by atoms with Gasteiger partial charge in [0.15, 0.2) is 5.82 Å². The fourth-order valence-electron chi connectivity index (χ4n) is 3.36. The summed E-state index contributed by atoms with van der Waals surface area (Å²) in [4.78, 5) is 9.20. The molecule has 0 aliphatic heterocycles. The van der Waals surface area contributed by atoms with Crippen molar-refractivity contribution in [2.24, 2.45) is 0 Å². The molecule has 3 heterocycles. The van der Waals surface area contributed by atoms with Crippen LogP contribution in [0.4, 0.5) is 11.6 Å². The maximum Gasteiger partial charge on any atom is 0.161 e. The molecule has 0 amide bonds. The van der Waals surface area contributed by atoms with Gasteiger partial charge in [0.25, 0.3) is 0 Å². The summed E-state index contributed by atoms with van der Waals surface area (Å²) in [7, 11) is 0. The molecule has 5 nitrogen and oxygen atoms in total. The maximum absolute atomic E-state index is 4.92. The third kappa shape index (κ3) is 2.69. The number of anilines is 2. The van der Waals surface area contributed by atoms with Gasteiger partial charge in [-0.1, -0.05) is 36.4 Å². The first kappa shape index (κ1) is 15.5. The zero-order valence-corrected chi connectivity index (χ0v) is 14.8. The molecule has 0 aliphatic rings. The standard InChI is InChI=1S/C22H17N5/c1-14-6-2-3-7-16(14)20-12-15-13-23-11-10-17(15)21(24-20)25-22-18-8-4-5-9-19(18)26-27-22/h2-13H,1H3,(H2,24,25,26,27). The molecule has 0 aliphatic carbocycles. The molecule has 5 heteroatoms. The average molecular weight is 351 g/mol. The molecule has 0 unspecified atom stereocenters. The summed E-state index contributed by atoms with van der Waals surface area (Å²) in [6, 6.07) is 20.3. The van der Waals surface area contributed by atoms with Gasteiger partial charge in [-0.25, -0.2) is 4.98 Å². The second-order valence-corrected chi connectivity index (χ2v) is 6.51. The molecule has 0 saturated heterocycles. The van der Waals surface area contributed by atoms with Crippen LogP contribution in [-0.2, 0) is 0 Å². The van der Waals surface area contributed by atoms with Crippen LogP contribution in [-0.4, -0.2) is 20.2 Å². The van der Waals surface area contributed by atoms with Gasteiger partial charge in [-0.3, -0.25) is 10.1 Å². The summed E-state index contributed by atoms with van der Waals surface area (Å²) in [6.07, 6.45) is 3.65. The lowest BCUT2D eigenvalue weighted by molar-refractivity contribution is 1.12. The van der Waals surface area contributed by atoms with E-state index >= 15 is 0 Å². The lowest BCUT2D eigenvalue weighted by Gasteiger charge is -2.12. The summed E-state index contributed by atoms with van der Waals surface area (Å²) in [5.41, 5.74) is 4.19. The summed E-state index contributed by atoms with van der Waals surface area (Å²) in [6.45, 7) is 2.10. The van der Waals surface area contributed by atoms with Crippen LogP contribution in [0.2, 0.25) is 0 Å². The van der Waals surface area contributed by atoms with E-state index in [2.05, 4.69) is 45.6 Å². The number of hydrogen-bond donors (Lipinski definition) is 2. The molecule has 130 valence electrons. The number of nitrogens with one attached hydrogen (secondary N) is 2. The maximum atomic E-state index is 4.92. The Bertz CT molecular complexity index is 1270. The molecule has 2 N–H and O–H groups in total. The van der Waals surface area contributed by atoms with E-state index in [1.54, 1.807) is 6.20 Å². The van der Waals surface area contributed by atoms with Crippen LogP contribution in [0, 0.1) is 6.92 Å². The number of H-pyrrole nitrogens is 1. The van der Waals surface area contributed by atoms with Crippen molar-refractivity contribution in [3.05, 3.63) is 78.6 Å². The zero-order chi connectivity index (χ0) is 18.2. The fourth-order valence-corrected chi connectivity index (χ4v) is 3.36. The summed E-state index contributed by atoms with van der Waals surface area (Å²) in [5.74, 6) is 1.53. The van der Waals surface area contributed by atoms with Crippen molar-refractivity contribution >= 4 is 33.3 Å². The molecule has 2 aromatic carbocycles. The van der Waals surface area contributed by atoms with Crippen molar-refractivity contribution in [2.45, 2.75) is 6.92 Å². The molecule has 0 spiro atoms. The van der Waals surface area contributed by atoms with Gasteiger partial charge in [0.05, 0.1) is 11.2 Å². The molecule has 0 atom stereocenters. The van der Waals surface area contributed by atoms with Crippen LogP contribution in [0.25, 0.3) is 32.9 Å². The molecule has 0 bridgehead atoms. The third-order valence-corrected chi connectivity index (χ3v) is 4.76. The highest BCUT2D eigenvalue weighted by Crippen LogP contribution is 2.31. The monoisotopic (exact) mass is 351 g/mol. The fraction of sp³-hybridized carbons (Fsp3) is 0.0455. The van der Waals surface area contributed by atoms with Crippen molar-refractivity contribution in [3.63, 3.8) is 0 Å². The molecule has 5 rings (SSSR count). The number of hydrogen-bond acceptors (Lipinski definition) is 4. The number of rotatable bonds is 3.